The van der Waals surface area contributed by atoms with Gasteiger partial charge in [0.05, 0.1) is 26.5 Å². The van der Waals surface area contributed by atoms with Crippen LogP contribution >= 0.6 is 0 Å². The Morgan fingerprint density at radius 2 is 2.05 bits per heavy atom. The first-order chi connectivity index (χ1) is 9.62. The van der Waals surface area contributed by atoms with Crippen molar-refractivity contribution in [2.45, 2.75) is 19.8 Å². The maximum atomic E-state index is 11.0. The van der Waals surface area contributed by atoms with E-state index in [0.29, 0.717) is 36.7 Å². The van der Waals surface area contributed by atoms with Gasteiger partial charge in [-0.05, 0) is 31.5 Å². The summed E-state index contributed by atoms with van der Waals surface area (Å²) in [6, 6.07) is 5.24. The fraction of sp³-hybridized carbons (Fsp3) is 0.429. The van der Waals surface area contributed by atoms with E-state index in [9.17, 15) is 4.79 Å². The largest absolute Gasteiger partial charge is 0.493 e. The fourth-order valence-electron chi connectivity index (χ4n) is 1.57. The summed E-state index contributed by atoms with van der Waals surface area (Å²) in [6.45, 7) is 2.07. The van der Waals surface area contributed by atoms with Crippen LogP contribution in [0.5, 0.6) is 11.5 Å². The van der Waals surface area contributed by atoms with E-state index in [2.05, 4.69) is 9.89 Å². The van der Waals surface area contributed by atoms with Crippen molar-refractivity contribution in [1.82, 2.24) is 0 Å². The lowest BCUT2D eigenvalue weighted by Crippen LogP contribution is -2.05. The molecule has 110 valence electrons. The summed E-state index contributed by atoms with van der Waals surface area (Å²) in [5, 5.41) is 11.9. The fourth-order valence-corrected chi connectivity index (χ4v) is 1.57. The third-order valence-electron chi connectivity index (χ3n) is 2.74. The zero-order valence-electron chi connectivity index (χ0n) is 11.9. The number of oxime groups is 1. The van der Waals surface area contributed by atoms with E-state index < -0.39 is 0 Å². The summed E-state index contributed by atoms with van der Waals surface area (Å²) in [5.74, 6) is 0.862. The smallest absolute Gasteiger partial charge is 0.305 e. The molecule has 0 heterocycles. The molecule has 0 unspecified atom stereocenters. The molecule has 0 radical (unpaired) electrons. The van der Waals surface area contributed by atoms with Gasteiger partial charge in [0, 0.05) is 12.0 Å². The van der Waals surface area contributed by atoms with Crippen molar-refractivity contribution in [3.63, 3.8) is 0 Å². The summed E-state index contributed by atoms with van der Waals surface area (Å²) in [7, 11) is 2.89. The molecule has 0 aliphatic rings. The Labute approximate surface area is 117 Å². The van der Waals surface area contributed by atoms with Crippen LogP contribution in [0.3, 0.4) is 0 Å². The summed E-state index contributed by atoms with van der Waals surface area (Å²) >= 11 is 0. The molecular formula is C14H19NO5. The number of carbonyl (C=O) groups excluding carboxylic acids is 1. The normalized spacial score (nSPS) is 11.1. The van der Waals surface area contributed by atoms with E-state index >= 15 is 0 Å². The lowest BCUT2D eigenvalue weighted by Gasteiger charge is -2.11. The van der Waals surface area contributed by atoms with Crippen molar-refractivity contribution in [3.05, 3.63) is 23.8 Å². The molecule has 0 fully saturated rings. The van der Waals surface area contributed by atoms with E-state index in [0.717, 1.165) is 5.56 Å². The molecule has 0 bridgehead atoms. The second-order valence-corrected chi connectivity index (χ2v) is 4.08. The van der Waals surface area contributed by atoms with Gasteiger partial charge in [0.2, 0.25) is 0 Å². The van der Waals surface area contributed by atoms with Gasteiger partial charge in [-0.3, -0.25) is 4.79 Å². The van der Waals surface area contributed by atoms with Gasteiger partial charge in [0.25, 0.3) is 0 Å². The Balaban J connectivity index is 2.64. The SMILES string of the molecule is COC(=O)CCCOc1ccc(C(C)=NO)cc1OC. The molecule has 6 heteroatoms. The monoisotopic (exact) mass is 281 g/mol. The first-order valence-electron chi connectivity index (χ1n) is 6.19. The summed E-state index contributed by atoms with van der Waals surface area (Å²) < 4.78 is 15.3. The molecule has 0 saturated heterocycles. The van der Waals surface area contributed by atoms with Crippen LogP contribution in [-0.2, 0) is 9.53 Å². The predicted octanol–water partition coefficient (Wildman–Crippen LogP) is 2.23. The highest BCUT2D eigenvalue weighted by Crippen LogP contribution is 2.28. The molecule has 0 amide bonds. The van der Waals surface area contributed by atoms with Gasteiger partial charge in [-0.1, -0.05) is 5.16 Å². The third kappa shape index (κ3) is 4.46. The minimum Gasteiger partial charge on any atom is -0.493 e. The highest BCUT2D eigenvalue weighted by atomic mass is 16.5. The van der Waals surface area contributed by atoms with Crippen molar-refractivity contribution in [3.8, 4) is 11.5 Å². The topological polar surface area (TPSA) is 77.4 Å². The van der Waals surface area contributed by atoms with Crippen molar-refractivity contribution in [1.29, 1.82) is 0 Å². The van der Waals surface area contributed by atoms with Crippen LogP contribution in [0.4, 0.5) is 0 Å². The first kappa shape index (κ1) is 15.8. The van der Waals surface area contributed by atoms with Crippen LogP contribution in [0.2, 0.25) is 0 Å². The number of benzene rings is 1. The van der Waals surface area contributed by atoms with Crippen LogP contribution < -0.4 is 9.47 Å². The molecule has 0 spiro atoms. The van der Waals surface area contributed by atoms with E-state index in [1.165, 1.54) is 14.2 Å². The highest BCUT2D eigenvalue weighted by molar-refractivity contribution is 5.98. The Hall–Kier alpha value is -2.24. The Morgan fingerprint density at radius 3 is 2.65 bits per heavy atom. The molecule has 1 N–H and O–H groups in total. The quantitative estimate of drug-likeness (QED) is 0.272. The number of carbonyl (C=O) groups is 1. The summed E-state index contributed by atoms with van der Waals surface area (Å²) in [5.41, 5.74) is 1.23. The summed E-state index contributed by atoms with van der Waals surface area (Å²) in [6.07, 6.45) is 0.877. The number of rotatable bonds is 7. The third-order valence-corrected chi connectivity index (χ3v) is 2.74. The molecule has 0 aromatic heterocycles. The van der Waals surface area contributed by atoms with Crippen molar-refractivity contribution in [2.24, 2.45) is 5.16 Å². The molecular weight excluding hydrogens is 262 g/mol. The first-order valence-corrected chi connectivity index (χ1v) is 6.19. The number of methoxy groups -OCH3 is 2. The minimum absolute atomic E-state index is 0.259. The van der Waals surface area contributed by atoms with Gasteiger partial charge in [-0.2, -0.15) is 0 Å². The summed E-state index contributed by atoms with van der Waals surface area (Å²) in [4.78, 5) is 11.0. The van der Waals surface area contributed by atoms with Crippen LogP contribution in [-0.4, -0.2) is 37.7 Å². The van der Waals surface area contributed by atoms with E-state index in [1.54, 1.807) is 25.1 Å². The molecule has 1 rings (SSSR count). The van der Waals surface area contributed by atoms with Gasteiger partial charge < -0.3 is 19.4 Å². The molecule has 1 aromatic rings. The second-order valence-electron chi connectivity index (χ2n) is 4.08. The molecule has 0 aliphatic carbocycles. The zero-order chi connectivity index (χ0) is 15.0. The van der Waals surface area contributed by atoms with Gasteiger partial charge in [0.1, 0.15) is 0 Å². The van der Waals surface area contributed by atoms with E-state index in [1.807, 2.05) is 0 Å². The second kappa shape index (κ2) is 8.04. The van der Waals surface area contributed by atoms with Crippen LogP contribution in [0.15, 0.2) is 23.4 Å². The van der Waals surface area contributed by atoms with Crippen LogP contribution in [0.1, 0.15) is 25.3 Å². The van der Waals surface area contributed by atoms with E-state index in [-0.39, 0.29) is 5.97 Å². The predicted molar refractivity (Wildman–Crippen MR) is 73.7 cm³/mol. The average Bonchev–Trinajstić information content (AvgIpc) is 2.50. The van der Waals surface area contributed by atoms with Gasteiger partial charge in [-0.25, -0.2) is 0 Å². The maximum absolute atomic E-state index is 11.0. The van der Waals surface area contributed by atoms with Crippen molar-refractivity contribution < 1.29 is 24.2 Å². The molecule has 6 nitrogen and oxygen atoms in total. The van der Waals surface area contributed by atoms with Crippen LogP contribution in [0, 0.1) is 0 Å². The standard InChI is InChI=1S/C14H19NO5/c1-10(15-17)11-6-7-12(13(9-11)18-2)20-8-4-5-14(16)19-3/h6-7,9,17H,4-5,8H2,1-3H3. The van der Waals surface area contributed by atoms with E-state index in [4.69, 9.17) is 14.7 Å². The number of ether oxygens (including phenoxy) is 3. The number of esters is 1. The molecule has 0 atom stereocenters. The average molecular weight is 281 g/mol. The number of hydrogen-bond donors (Lipinski definition) is 1. The Kier molecular flexibility index (Phi) is 6.36. The molecule has 0 saturated carbocycles. The van der Waals surface area contributed by atoms with Crippen molar-refractivity contribution in [2.75, 3.05) is 20.8 Å². The number of nitrogens with zero attached hydrogens (tertiary/aromatic N) is 1. The highest BCUT2D eigenvalue weighted by Gasteiger charge is 2.08. The van der Waals surface area contributed by atoms with Gasteiger partial charge in [0.15, 0.2) is 11.5 Å². The van der Waals surface area contributed by atoms with Gasteiger partial charge >= 0.3 is 5.97 Å². The van der Waals surface area contributed by atoms with Crippen molar-refractivity contribution >= 4 is 11.7 Å². The lowest BCUT2D eigenvalue weighted by atomic mass is 10.1. The molecule has 20 heavy (non-hydrogen) atoms. The Morgan fingerprint density at radius 1 is 1.30 bits per heavy atom. The number of hydrogen-bond acceptors (Lipinski definition) is 6. The zero-order valence-corrected chi connectivity index (χ0v) is 11.9. The minimum atomic E-state index is -0.259. The maximum Gasteiger partial charge on any atom is 0.305 e. The van der Waals surface area contributed by atoms with Gasteiger partial charge in [-0.15, -0.1) is 0 Å². The molecule has 0 aliphatic heterocycles. The molecule has 1 aromatic carbocycles. The van der Waals surface area contributed by atoms with Crippen LogP contribution in [0.25, 0.3) is 0 Å². The Bertz CT molecular complexity index is 484. The lowest BCUT2D eigenvalue weighted by molar-refractivity contribution is -0.140.